The lowest BCUT2D eigenvalue weighted by atomic mass is 9.91. The molecule has 2 unspecified atom stereocenters. The Hall–Kier alpha value is -1.10. The highest BCUT2D eigenvalue weighted by molar-refractivity contribution is 5.87. The average molecular weight is 294 g/mol. The summed E-state index contributed by atoms with van der Waals surface area (Å²) in [6, 6.07) is 0. The number of ketones is 1. The quantitative estimate of drug-likeness (QED) is 0.291. The fourth-order valence-corrected chi connectivity index (χ4v) is 1.88. The molecule has 0 aromatic rings. The first-order valence-electron chi connectivity index (χ1n) is 5.99. The Bertz CT molecular complexity index is 358. The predicted molar refractivity (Wildman–Crippen MR) is 61.6 cm³/mol. The van der Waals surface area contributed by atoms with Gasteiger partial charge in [0.25, 0.3) is 0 Å². The van der Waals surface area contributed by atoms with Crippen molar-refractivity contribution in [3.63, 3.8) is 0 Å². The van der Waals surface area contributed by atoms with Crippen molar-refractivity contribution < 1.29 is 45.0 Å². The van der Waals surface area contributed by atoms with E-state index in [4.69, 9.17) is 14.9 Å². The normalized spacial score (nSPS) is 33.5. The van der Waals surface area contributed by atoms with Gasteiger partial charge < -0.3 is 35.4 Å². The van der Waals surface area contributed by atoms with E-state index in [-0.39, 0.29) is 6.61 Å². The topological polar surface area (TPSA) is 165 Å². The number of carboxylic acid groups (broad SMARTS) is 1. The van der Waals surface area contributed by atoms with Crippen LogP contribution < -0.4 is 0 Å². The second kappa shape index (κ2) is 7.07. The number of hydrogen-bond acceptors (Lipinski definition) is 8. The van der Waals surface area contributed by atoms with Crippen LogP contribution in [0, 0.1) is 5.92 Å². The van der Waals surface area contributed by atoms with Gasteiger partial charge in [-0.2, -0.15) is 0 Å². The van der Waals surface area contributed by atoms with Gasteiger partial charge in [0.2, 0.25) is 0 Å². The van der Waals surface area contributed by atoms with Crippen LogP contribution in [0.5, 0.6) is 0 Å². The molecule has 0 radical (unpaired) electrons. The largest absolute Gasteiger partial charge is 0.481 e. The molecule has 6 atom stereocenters. The Morgan fingerprint density at radius 1 is 1.20 bits per heavy atom. The van der Waals surface area contributed by atoms with E-state index in [2.05, 4.69) is 0 Å². The average Bonchev–Trinajstić information content (AvgIpc) is 2.41. The Kier molecular flexibility index (Phi) is 5.99. The van der Waals surface area contributed by atoms with Gasteiger partial charge in [0.1, 0.15) is 30.5 Å². The van der Waals surface area contributed by atoms with Gasteiger partial charge in [-0.05, 0) is 0 Å². The van der Waals surface area contributed by atoms with Crippen LogP contribution in [0.2, 0.25) is 0 Å². The molecule has 0 amide bonds. The van der Waals surface area contributed by atoms with E-state index in [0.717, 1.165) is 0 Å². The van der Waals surface area contributed by atoms with Crippen LogP contribution in [0.25, 0.3) is 0 Å². The van der Waals surface area contributed by atoms with Gasteiger partial charge in [0, 0.05) is 6.42 Å². The molecule has 1 rings (SSSR count). The Morgan fingerprint density at radius 2 is 1.80 bits per heavy atom. The van der Waals surface area contributed by atoms with Crippen molar-refractivity contribution in [1.29, 1.82) is 0 Å². The summed E-state index contributed by atoms with van der Waals surface area (Å²) < 4.78 is 4.89. The molecule has 1 saturated heterocycles. The number of aliphatic carboxylic acids is 1. The first-order valence-corrected chi connectivity index (χ1v) is 5.99. The van der Waals surface area contributed by atoms with Crippen LogP contribution in [0.15, 0.2) is 0 Å². The molecule has 20 heavy (non-hydrogen) atoms. The maximum atomic E-state index is 11.7. The lowest BCUT2D eigenvalue weighted by Gasteiger charge is -2.37. The molecule has 1 aliphatic heterocycles. The van der Waals surface area contributed by atoms with E-state index in [0.29, 0.717) is 0 Å². The number of hydrogen-bond donors (Lipinski definition) is 6. The molecule has 0 spiro atoms. The molecule has 6 N–H and O–H groups in total. The van der Waals surface area contributed by atoms with Crippen molar-refractivity contribution in [3.05, 3.63) is 0 Å². The van der Waals surface area contributed by atoms with E-state index in [1.807, 2.05) is 0 Å². The zero-order valence-corrected chi connectivity index (χ0v) is 10.5. The van der Waals surface area contributed by atoms with E-state index < -0.39 is 61.2 Å². The Labute approximate surface area is 114 Å². The third-order valence-electron chi connectivity index (χ3n) is 3.20. The first-order chi connectivity index (χ1) is 9.29. The minimum atomic E-state index is -1.86. The van der Waals surface area contributed by atoms with Gasteiger partial charge in [-0.15, -0.1) is 0 Å². The number of aliphatic hydroxyl groups is 5. The van der Waals surface area contributed by atoms with Gasteiger partial charge in [-0.25, -0.2) is 0 Å². The minimum absolute atomic E-state index is 0.379. The van der Waals surface area contributed by atoms with Crippen LogP contribution in [0.4, 0.5) is 0 Å². The van der Waals surface area contributed by atoms with Crippen molar-refractivity contribution in [2.45, 2.75) is 36.9 Å². The number of carbonyl (C=O) groups is 2. The van der Waals surface area contributed by atoms with E-state index in [1.54, 1.807) is 0 Å². The molecule has 0 aromatic heterocycles. The second-order valence-corrected chi connectivity index (χ2v) is 4.68. The summed E-state index contributed by atoms with van der Waals surface area (Å²) in [7, 11) is 0. The summed E-state index contributed by atoms with van der Waals surface area (Å²) in [5.74, 6) is -3.71. The molecule has 0 aliphatic carbocycles. The summed E-state index contributed by atoms with van der Waals surface area (Å²) in [4.78, 5) is 22.4. The molecule has 116 valence electrons. The summed E-state index contributed by atoms with van der Waals surface area (Å²) in [6.07, 6.45) is -8.57. The molecule has 1 heterocycles. The van der Waals surface area contributed by atoms with Gasteiger partial charge in [-0.3, -0.25) is 9.59 Å². The standard InChI is InChI=1S/C11H18O9/c12-2-4(11(18)19)1-5(13)8(16)10-9(17)7(15)6(14)3-20-10/h4,6-10,12,14-17H,1-3H2,(H,18,19)/t4-,6-,7+,8?,9?,10+/m1/s1. The van der Waals surface area contributed by atoms with Gasteiger partial charge in [0.15, 0.2) is 5.78 Å². The lowest BCUT2D eigenvalue weighted by molar-refractivity contribution is -0.210. The molecular formula is C11H18O9. The monoisotopic (exact) mass is 294 g/mol. The predicted octanol–water partition coefficient (Wildman–Crippen LogP) is -3.52. The van der Waals surface area contributed by atoms with Crippen molar-refractivity contribution in [1.82, 2.24) is 0 Å². The zero-order chi connectivity index (χ0) is 15.4. The zero-order valence-electron chi connectivity index (χ0n) is 10.5. The van der Waals surface area contributed by atoms with Gasteiger partial charge in [-0.1, -0.05) is 0 Å². The number of aliphatic hydroxyl groups excluding tert-OH is 5. The van der Waals surface area contributed by atoms with Crippen LogP contribution >= 0.6 is 0 Å². The third kappa shape index (κ3) is 3.72. The molecule has 1 aliphatic rings. The van der Waals surface area contributed by atoms with Crippen LogP contribution in [-0.2, 0) is 14.3 Å². The number of carbonyl (C=O) groups excluding carboxylic acids is 1. The molecular weight excluding hydrogens is 276 g/mol. The number of ether oxygens (including phenoxy) is 1. The molecule has 9 nitrogen and oxygen atoms in total. The van der Waals surface area contributed by atoms with Crippen molar-refractivity contribution >= 4 is 11.8 Å². The minimum Gasteiger partial charge on any atom is -0.481 e. The fraction of sp³-hybridized carbons (Fsp3) is 0.818. The molecule has 9 heteroatoms. The van der Waals surface area contributed by atoms with Gasteiger partial charge in [0.05, 0.1) is 19.1 Å². The molecule has 0 saturated carbocycles. The van der Waals surface area contributed by atoms with Crippen molar-refractivity contribution in [2.24, 2.45) is 5.92 Å². The first kappa shape index (κ1) is 17.0. The van der Waals surface area contributed by atoms with Crippen LogP contribution in [-0.4, -0.2) is 86.1 Å². The Morgan fingerprint density at radius 3 is 2.30 bits per heavy atom. The highest BCUT2D eigenvalue weighted by Crippen LogP contribution is 2.20. The van der Waals surface area contributed by atoms with Gasteiger partial charge >= 0.3 is 5.97 Å². The van der Waals surface area contributed by atoms with E-state index in [9.17, 15) is 30.0 Å². The van der Waals surface area contributed by atoms with Crippen molar-refractivity contribution in [2.75, 3.05) is 13.2 Å². The summed E-state index contributed by atoms with van der Waals surface area (Å²) in [6.45, 7) is -1.15. The van der Waals surface area contributed by atoms with Crippen molar-refractivity contribution in [3.8, 4) is 0 Å². The Balaban J connectivity index is 2.67. The summed E-state index contributed by atoms with van der Waals surface area (Å²) >= 11 is 0. The SMILES string of the molecule is O=C(C[C@H](CO)C(=O)O)C(O)[C@@H]1OC[C@@H](O)[C@H](O)C1O. The van der Waals surface area contributed by atoms with E-state index >= 15 is 0 Å². The van der Waals surface area contributed by atoms with Crippen LogP contribution in [0.3, 0.4) is 0 Å². The second-order valence-electron chi connectivity index (χ2n) is 4.68. The fourth-order valence-electron chi connectivity index (χ4n) is 1.88. The third-order valence-corrected chi connectivity index (χ3v) is 3.20. The highest BCUT2D eigenvalue weighted by atomic mass is 16.5. The highest BCUT2D eigenvalue weighted by Gasteiger charge is 2.43. The number of carboxylic acids is 1. The number of Topliss-reactive ketones (excluding diaryl/α,β-unsaturated/α-hetero) is 1. The molecule has 0 bridgehead atoms. The van der Waals surface area contributed by atoms with E-state index in [1.165, 1.54) is 0 Å². The summed E-state index contributed by atoms with van der Waals surface area (Å²) in [5, 5.41) is 55.5. The maximum Gasteiger partial charge on any atom is 0.309 e. The van der Waals surface area contributed by atoms with Crippen LogP contribution in [0.1, 0.15) is 6.42 Å². The molecule has 0 aromatic carbocycles. The smallest absolute Gasteiger partial charge is 0.309 e. The molecule has 1 fully saturated rings. The maximum absolute atomic E-state index is 11.7. The lowest BCUT2D eigenvalue weighted by Crippen LogP contribution is -2.58. The summed E-state index contributed by atoms with van der Waals surface area (Å²) in [5.41, 5.74) is 0. The number of rotatable bonds is 6.